The number of hydrogen-bond acceptors (Lipinski definition) is 7. The van der Waals surface area contributed by atoms with Crippen molar-refractivity contribution in [1.82, 2.24) is 25.0 Å². The minimum absolute atomic E-state index is 0.212. The van der Waals surface area contributed by atoms with Crippen LogP contribution in [0.25, 0.3) is 22.5 Å². The summed E-state index contributed by atoms with van der Waals surface area (Å²) in [5, 5.41) is 17.9. The number of anilines is 1. The van der Waals surface area contributed by atoms with Gasteiger partial charge in [0.25, 0.3) is 0 Å². The first-order valence-electron chi connectivity index (χ1n) is 9.86. The van der Waals surface area contributed by atoms with Crippen molar-refractivity contribution in [3.05, 3.63) is 71.2 Å². The van der Waals surface area contributed by atoms with E-state index in [4.69, 9.17) is 10.5 Å². The first-order valence-corrected chi connectivity index (χ1v) is 9.86. The summed E-state index contributed by atoms with van der Waals surface area (Å²) in [6.07, 6.45) is 3.08. The molecule has 3 aromatic heterocycles. The Morgan fingerprint density at radius 2 is 2.10 bits per heavy atom. The molecule has 4 aromatic rings. The second kappa shape index (κ2) is 7.22. The molecule has 8 heteroatoms. The number of rotatable bonds is 0. The zero-order chi connectivity index (χ0) is 21.5. The van der Waals surface area contributed by atoms with E-state index < -0.39 is 0 Å². The molecule has 0 spiro atoms. The van der Waals surface area contributed by atoms with Crippen LogP contribution in [-0.2, 0) is 6.54 Å². The molecule has 1 unspecified atom stereocenters. The van der Waals surface area contributed by atoms with Gasteiger partial charge in [-0.15, -0.1) is 5.10 Å². The Bertz CT molecular complexity index is 1350. The Hall–Kier alpha value is -4.25. The number of fused-ring (bicyclic) bond motifs is 7. The van der Waals surface area contributed by atoms with Crippen LogP contribution >= 0.6 is 0 Å². The highest BCUT2D eigenvalue weighted by Gasteiger charge is 2.23. The van der Waals surface area contributed by atoms with Gasteiger partial charge in [-0.3, -0.25) is 4.98 Å². The molecule has 1 aliphatic rings. The summed E-state index contributed by atoms with van der Waals surface area (Å²) < 4.78 is 7.96. The largest absolute Gasteiger partial charge is 0.482 e. The van der Waals surface area contributed by atoms with Gasteiger partial charge in [0.1, 0.15) is 17.9 Å². The number of aromatic nitrogens is 5. The molecule has 0 radical (unpaired) electrons. The highest BCUT2D eigenvalue weighted by molar-refractivity contribution is 5.71. The van der Waals surface area contributed by atoms with E-state index in [0.717, 1.165) is 27.9 Å². The van der Waals surface area contributed by atoms with Gasteiger partial charge in [0.05, 0.1) is 12.2 Å². The van der Waals surface area contributed by atoms with Gasteiger partial charge in [-0.25, -0.2) is 9.67 Å². The van der Waals surface area contributed by atoms with Crippen molar-refractivity contribution < 1.29 is 4.74 Å². The predicted octanol–water partition coefficient (Wildman–Crippen LogP) is 3.67. The van der Waals surface area contributed by atoms with E-state index in [1.807, 2.05) is 26.0 Å². The predicted molar refractivity (Wildman–Crippen MR) is 115 cm³/mol. The van der Waals surface area contributed by atoms with Crippen molar-refractivity contribution in [2.24, 2.45) is 0 Å². The number of aryl methyl sites for hydroxylation is 1. The molecule has 2 bridgehead atoms. The highest BCUT2D eigenvalue weighted by Crippen LogP contribution is 2.37. The van der Waals surface area contributed by atoms with Crippen LogP contribution in [0.5, 0.6) is 5.75 Å². The summed E-state index contributed by atoms with van der Waals surface area (Å²) in [6, 6.07) is 14.0. The third kappa shape index (κ3) is 3.16. The Labute approximate surface area is 179 Å². The number of nitrogen functional groups attached to an aromatic ring is 1. The molecule has 31 heavy (non-hydrogen) atoms. The topological polar surface area (TPSA) is 116 Å². The monoisotopic (exact) mass is 409 g/mol. The molecule has 0 saturated heterocycles. The first-order chi connectivity index (χ1) is 15.0. The van der Waals surface area contributed by atoms with Gasteiger partial charge in [-0.2, -0.15) is 5.26 Å². The van der Waals surface area contributed by atoms with Crippen molar-refractivity contribution in [3.63, 3.8) is 0 Å². The van der Waals surface area contributed by atoms with Gasteiger partial charge in [0.2, 0.25) is 0 Å². The SMILES string of the molecule is Cc1ccc2c(c1)C(C)Oc1cc(cnc1N)-c1c(C#N)nnn1Cc1cccnc1-2. The van der Waals surface area contributed by atoms with Crippen LogP contribution in [0.1, 0.15) is 35.4 Å². The number of hydrogen-bond donors (Lipinski definition) is 1. The summed E-state index contributed by atoms with van der Waals surface area (Å²) in [4.78, 5) is 8.98. The Balaban J connectivity index is 1.83. The van der Waals surface area contributed by atoms with E-state index >= 15 is 0 Å². The third-order valence-electron chi connectivity index (χ3n) is 5.41. The molecule has 0 aliphatic carbocycles. The third-order valence-corrected chi connectivity index (χ3v) is 5.41. The Kier molecular flexibility index (Phi) is 4.37. The van der Waals surface area contributed by atoms with E-state index in [1.54, 1.807) is 23.1 Å². The highest BCUT2D eigenvalue weighted by atomic mass is 16.5. The summed E-state index contributed by atoms with van der Waals surface area (Å²) in [5.41, 5.74) is 12.4. The fourth-order valence-electron chi connectivity index (χ4n) is 3.92. The Morgan fingerprint density at radius 1 is 1.23 bits per heavy atom. The number of benzene rings is 1. The molecule has 5 rings (SSSR count). The van der Waals surface area contributed by atoms with E-state index in [2.05, 4.69) is 44.5 Å². The second-order valence-corrected chi connectivity index (χ2v) is 7.53. The molecule has 8 nitrogen and oxygen atoms in total. The van der Waals surface area contributed by atoms with Crippen LogP contribution in [0, 0.1) is 18.3 Å². The fraction of sp³-hybridized carbons (Fsp3) is 0.174. The van der Waals surface area contributed by atoms with Crippen molar-refractivity contribution in [3.8, 4) is 34.3 Å². The smallest absolute Gasteiger partial charge is 0.190 e. The van der Waals surface area contributed by atoms with E-state index in [9.17, 15) is 5.26 Å². The fourth-order valence-corrected chi connectivity index (χ4v) is 3.92. The normalized spacial score (nSPS) is 14.7. The lowest BCUT2D eigenvalue weighted by Gasteiger charge is -2.22. The van der Waals surface area contributed by atoms with E-state index in [1.165, 1.54) is 0 Å². The van der Waals surface area contributed by atoms with E-state index in [-0.39, 0.29) is 17.6 Å². The summed E-state index contributed by atoms with van der Waals surface area (Å²) in [5.74, 6) is 0.717. The van der Waals surface area contributed by atoms with Gasteiger partial charge in [-0.1, -0.05) is 35.0 Å². The lowest BCUT2D eigenvalue weighted by atomic mass is 9.95. The van der Waals surface area contributed by atoms with Crippen LogP contribution < -0.4 is 10.5 Å². The molecule has 0 amide bonds. The van der Waals surface area contributed by atoms with Gasteiger partial charge < -0.3 is 10.5 Å². The van der Waals surface area contributed by atoms with Crippen LogP contribution in [0.4, 0.5) is 5.82 Å². The molecule has 1 aliphatic heterocycles. The molecule has 2 N–H and O–H groups in total. The second-order valence-electron chi connectivity index (χ2n) is 7.53. The molecule has 4 heterocycles. The summed E-state index contributed by atoms with van der Waals surface area (Å²) in [6.45, 7) is 4.42. The number of nitriles is 1. The van der Waals surface area contributed by atoms with Crippen LogP contribution in [0.2, 0.25) is 0 Å². The molecular formula is C23H19N7O. The van der Waals surface area contributed by atoms with Crippen molar-refractivity contribution >= 4 is 5.82 Å². The molecule has 0 saturated carbocycles. The van der Waals surface area contributed by atoms with Crippen LogP contribution in [0.15, 0.2) is 48.8 Å². The average molecular weight is 409 g/mol. The van der Waals surface area contributed by atoms with Crippen molar-refractivity contribution in [2.45, 2.75) is 26.5 Å². The summed E-state index contributed by atoms with van der Waals surface area (Å²) >= 11 is 0. The maximum atomic E-state index is 9.60. The van der Waals surface area contributed by atoms with Gasteiger partial charge in [-0.05, 0) is 31.5 Å². The Morgan fingerprint density at radius 3 is 2.94 bits per heavy atom. The standard InChI is InChI=1S/C23H19N7O/c1-13-5-6-17-18(8-13)14(2)31-20-9-16(11-27-23(20)25)22-19(10-24)28-29-30(22)12-15-4-3-7-26-21(15)17/h3-9,11,14H,12H2,1-2H3,(H2,25,27). The van der Waals surface area contributed by atoms with Gasteiger partial charge in [0, 0.05) is 29.1 Å². The van der Waals surface area contributed by atoms with Gasteiger partial charge in [0.15, 0.2) is 17.3 Å². The van der Waals surface area contributed by atoms with Crippen molar-refractivity contribution in [1.29, 1.82) is 5.26 Å². The summed E-state index contributed by atoms with van der Waals surface area (Å²) in [7, 11) is 0. The van der Waals surface area contributed by atoms with E-state index in [0.29, 0.717) is 23.6 Å². The lowest BCUT2D eigenvalue weighted by Crippen LogP contribution is -2.12. The van der Waals surface area contributed by atoms with Gasteiger partial charge >= 0.3 is 0 Å². The van der Waals surface area contributed by atoms with Crippen LogP contribution in [-0.4, -0.2) is 25.0 Å². The molecule has 0 fully saturated rings. The minimum atomic E-state index is -0.304. The molecular weight excluding hydrogens is 390 g/mol. The first kappa shape index (κ1) is 18.8. The number of nitrogens with zero attached hydrogens (tertiary/aromatic N) is 6. The average Bonchev–Trinajstić information content (AvgIpc) is 3.17. The quantitative estimate of drug-likeness (QED) is 0.471. The zero-order valence-corrected chi connectivity index (χ0v) is 17.1. The minimum Gasteiger partial charge on any atom is -0.482 e. The number of pyridine rings is 2. The molecule has 152 valence electrons. The zero-order valence-electron chi connectivity index (χ0n) is 17.1. The molecule has 1 aromatic carbocycles. The van der Waals surface area contributed by atoms with Crippen LogP contribution in [0.3, 0.4) is 0 Å². The molecule has 1 atom stereocenters. The maximum Gasteiger partial charge on any atom is 0.190 e. The maximum absolute atomic E-state index is 9.60. The lowest BCUT2D eigenvalue weighted by molar-refractivity contribution is 0.228. The number of ether oxygens (including phenoxy) is 1. The number of nitrogens with two attached hydrogens (primary N) is 1. The van der Waals surface area contributed by atoms with Crippen molar-refractivity contribution in [2.75, 3.05) is 5.73 Å².